The third-order valence-corrected chi connectivity index (χ3v) is 4.96. The van der Waals surface area contributed by atoms with Crippen molar-refractivity contribution in [3.8, 4) is 0 Å². The summed E-state index contributed by atoms with van der Waals surface area (Å²) in [6.45, 7) is 4.04. The number of hydrogen-bond donors (Lipinski definition) is 0. The third-order valence-electron chi connectivity index (χ3n) is 2.72. The van der Waals surface area contributed by atoms with E-state index in [-0.39, 0.29) is 22.8 Å². The van der Waals surface area contributed by atoms with Crippen molar-refractivity contribution in [3.05, 3.63) is 33.5 Å². The minimum Gasteiger partial charge on any atom is -0.293 e. The Balaban J connectivity index is 2.52. The minimum absolute atomic E-state index is 0.0487. The van der Waals surface area contributed by atoms with Crippen LogP contribution in [0.3, 0.4) is 0 Å². The van der Waals surface area contributed by atoms with Gasteiger partial charge in [0.1, 0.15) is 5.82 Å². The quantitative estimate of drug-likeness (QED) is 0.779. The van der Waals surface area contributed by atoms with Crippen LogP contribution in [0.25, 0.3) is 0 Å². The Hall–Kier alpha value is -0.350. The van der Waals surface area contributed by atoms with Crippen LogP contribution in [0.2, 0.25) is 0 Å². The monoisotopic (exact) mass is 302 g/mol. The number of thioether (sulfide) groups is 1. The van der Waals surface area contributed by atoms with Crippen LogP contribution in [0.5, 0.6) is 0 Å². The molecule has 0 fully saturated rings. The zero-order valence-electron chi connectivity index (χ0n) is 9.09. The minimum atomic E-state index is -0.277. The number of carbonyl (C=O) groups is 1. The molecule has 1 atom stereocenters. The van der Waals surface area contributed by atoms with Gasteiger partial charge in [0, 0.05) is 21.4 Å². The Morgan fingerprint density at radius 1 is 1.50 bits per heavy atom. The van der Waals surface area contributed by atoms with Crippen LogP contribution in [0.1, 0.15) is 29.8 Å². The van der Waals surface area contributed by atoms with Crippen molar-refractivity contribution in [1.82, 2.24) is 0 Å². The van der Waals surface area contributed by atoms with Crippen LogP contribution in [-0.2, 0) is 5.75 Å². The standard InChI is InChI=1S/C12H12BrFOS/c1-6(2)12-11(15)10-7(5-16-12)9(14)4-3-8(10)13/h3-4,6,12H,5H2,1-2H3. The summed E-state index contributed by atoms with van der Waals surface area (Å²) in [5.74, 6) is 0.629. The first kappa shape index (κ1) is 12.1. The predicted molar refractivity (Wildman–Crippen MR) is 68.4 cm³/mol. The lowest BCUT2D eigenvalue weighted by Crippen LogP contribution is -2.29. The molecule has 0 saturated carbocycles. The molecule has 1 unspecified atom stereocenters. The summed E-state index contributed by atoms with van der Waals surface area (Å²) in [5, 5.41) is -0.0504. The molecule has 16 heavy (non-hydrogen) atoms. The molecule has 0 spiro atoms. The van der Waals surface area contributed by atoms with E-state index in [2.05, 4.69) is 15.9 Å². The van der Waals surface area contributed by atoms with Gasteiger partial charge in [-0.3, -0.25) is 4.79 Å². The highest BCUT2D eigenvalue weighted by atomic mass is 79.9. The van der Waals surface area contributed by atoms with Crippen LogP contribution in [0.15, 0.2) is 16.6 Å². The summed E-state index contributed by atoms with van der Waals surface area (Å²) in [6.07, 6.45) is 0. The van der Waals surface area contributed by atoms with E-state index in [1.165, 1.54) is 17.8 Å². The number of benzene rings is 1. The van der Waals surface area contributed by atoms with Crippen molar-refractivity contribution in [1.29, 1.82) is 0 Å². The Morgan fingerprint density at radius 3 is 2.81 bits per heavy atom. The van der Waals surface area contributed by atoms with Crippen LogP contribution in [0.4, 0.5) is 4.39 Å². The molecule has 0 amide bonds. The average molecular weight is 303 g/mol. The number of rotatable bonds is 1. The van der Waals surface area contributed by atoms with Gasteiger partial charge in [0.15, 0.2) is 5.78 Å². The smallest absolute Gasteiger partial charge is 0.177 e. The Bertz CT molecular complexity index is 445. The second-order valence-electron chi connectivity index (χ2n) is 4.22. The summed E-state index contributed by atoms with van der Waals surface area (Å²) in [4.78, 5) is 12.2. The largest absolute Gasteiger partial charge is 0.293 e. The van der Waals surface area contributed by atoms with Crippen molar-refractivity contribution in [2.75, 3.05) is 0 Å². The molecule has 1 aliphatic heterocycles. The first-order valence-electron chi connectivity index (χ1n) is 5.15. The van der Waals surface area contributed by atoms with Crippen LogP contribution in [0, 0.1) is 11.7 Å². The molecule has 1 aliphatic rings. The van der Waals surface area contributed by atoms with Crippen LogP contribution < -0.4 is 0 Å². The van der Waals surface area contributed by atoms with Gasteiger partial charge in [-0.15, -0.1) is 11.8 Å². The molecule has 1 aromatic rings. The number of ketones is 1. The Labute approximate surface area is 107 Å². The highest BCUT2D eigenvalue weighted by Crippen LogP contribution is 2.38. The maximum atomic E-state index is 13.6. The Morgan fingerprint density at radius 2 is 2.19 bits per heavy atom. The topological polar surface area (TPSA) is 17.1 Å². The maximum Gasteiger partial charge on any atom is 0.177 e. The second kappa shape index (κ2) is 4.49. The van der Waals surface area contributed by atoms with Crippen molar-refractivity contribution in [3.63, 3.8) is 0 Å². The molecule has 2 rings (SSSR count). The first-order valence-corrected chi connectivity index (χ1v) is 6.99. The van der Waals surface area contributed by atoms with Gasteiger partial charge >= 0.3 is 0 Å². The summed E-state index contributed by atoms with van der Waals surface area (Å²) in [7, 11) is 0. The number of carbonyl (C=O) groups excluding carboxylic acids is 1. The Kier molecular flexibility index (Phi) is 3.40. The molecule has 4 heteroatoms. The molecule has 0 saturated heterocycles. The van der Waals surface area contributed by atoms with Crippen molar-refractivity contribution in [2.45, 2.75) is 24.9 Å². The fourth-order valence-corrected chi connectivity index (χ4v) is 3.74. The highest BCUT2D eigenvalue weighted by molar-refractivity contribution is 9.10. The number of Topliss-reactive ketones (excluding diaryl/α,β-unsaturated/α-hetero) is 1. The fraction of sp³-hybridized carbons (Fsp3) is 0.417. The zero-order valence-corrected chi connectivity index (χ0v) is 11.5. The molecule has 1 aromatic carbocycles. The molecule has 0 bridgehead atoms. The maximum absolute atomic E-state index is 13.6. The molecule has 1 nitrogen and oxygen atoms in total. The molecule has 0 aliphatic carbocycles. The highest BCUT2D eigenvalue weighted by Gasteiger charge is 2.33. The first-order chi connectivity index (χ1) is 7.52. The summed E-state index contributed by atoms with van der Waals surface area (Å²) in [5.41, 5.74) is 1.08. The SMILES string of the molecule is CC(C)C1SCc2c(F)ccc(Br)c2C1=O. The van der Waals surface area contributed by atoms with Gasteiger partial charge in [0.2, 0.25) is 0 Å². The second-order valence-corrected chi connectivity index (χ2v) is 6.21. The van der Waals surface area contributed by atoms with E-state index in [0.717, 1.165) is 0 Å². The van der Waals surface area contributed by atoms with Gasteiger partial charge in [-0.05, 0) is 18.1 Å². The van der Waals surface area contributed by atoms with E-state index in [0.29, 0.717) is 21.4 Å². The van der Waals surface area contributed by atoms with Crippen LogP contribution >= 0.6 is 27.7 Å². The molecular weight excluding hydrogens is 291 g/mol. The lowest BCUT2D eigenvalue weighted by molar-refractivity contribution is 0.0971. The van der Waals surface area contributed by atoms with Crippen molar-refractivity contribution < 1.29 is 9.18 Å². The average Bonchev–Trinajstić information content (AvgIpc) is 2.23. The number of hydrogen-bond acceptors (Lipinski definition) is 2. The molecule has 0 aromatic heterocycles. The summed E-state index contributed by atoms with van der Waals surface area (Å²) >= 11 is 4.87. The lowest BCUT2D eigenvalue weighted by atomic mass is 9.96. The summed E-state index contributed by atoms with van der Waals surface area (Å²) in [6, 6.07) is 3.02. The molecule has 1 heterocycles. The van der Waals surface area contributed by atoms with Gasteiger partial charge < -0.3 is 0 Å². The predicted octanol–water partition coefficient (Wildman–Crippen LogP) is 4.04. The van der Waals surface area contributed by atoms with Gasteiger partial charge in [-0.1, -0.05) is 29.8 Å². The lowest BCUT2D eigenvalue weighted by Gasteiger charge is -2.26. The van der Waals surface area contributed by atoms with Crippen molar-refractivity contribution >= 4 is 33.5 Å². The fourth-order valence-electron chi connectivity index (χ4n) is 1.89. The van der Waals surface area contributed by atoms with E-state index in [4.69, 9.17) is 0 Å². The number of fused-ring (bicyclic) bond motifs is 1. The van der Waals surface area contributed by atoms with Gasteiger partial charge in [0.25, 0.3) is 0 Å². The third kappa shape index (κ3) is 1.93. The van der Waals surface area contributed by atoms with E-state index < -0.39 is 0 Å². The van der Waals surface area contributed by atoms with Crippen LogP contribution in [-0.4, -0.2) is 11.0 Å². The number of halogens is 2. The summed E-state index contributed by atoms with van der Waals surface area (Å²) < 4.78 is 14.3. The molecule has 0 radical (unpaired) electrons. The van der Waals surface area contributed by atoms with Gasteiger partial charge in [0.05, 0.1) is 5.25 Å². The van der Waals surface area contributed by atoms with E-state index in [1.807, 2.05) is 13.8 Å². The molecule has 86 valence electrons. The normalized spacial score (nSPS) is 20.1. The van der Waals surface area contributed by atoms with Crippen molar-refractivity contribution in [2.24, 2.45) is 5.92 Å². The van der Waals surface area contributed by atoms with E-state index >= 15 is 0 Å². The van der Waals surface area contributed by atoms with E-state index in [9.17, 15) is 9.18 Å². The van der Waals surface area contributed by atoms with Gasteiger partial charge in [-0.25, -0.2) is 4.39 Å². The molecule has 0 N–H and O–H groups in total. The van der Waals surface area contributed by atoms with E-state index in [1.54, 1.807) is 6.07 Å². The van der Waals surface area contributed by atoms with Gasteiger partial charge in [-0.2, -0.15) is 0 Å². The zero-order chi connectivity index (χ0) is 11.9. The molecular formula is C12H12BrFOS.